The highest BCUT2D eigenvalue weighted by Crippen LogP contribution is 2.28. The van der Waals surface area contributed by atoms with Gasteiger partial charge in [-0.1, -0.05) is 30.2 Å². The van der Waals surface area contributed by atoms with Crippen molar-refractivity contribution in [1.29, 1.82) is 0 Å². The summed E-state index contributed by atoms with van der Waals surface area (Å²) >= 11 is 1.20. The van der Waals surface area contributed by atoms with E-state index in [4.69, 9.17) is 4.74 Å². The third-order valence-corrected chi connectivity index (χ3v) is 4.79. The Morgan fingerprint density at radius 2 is 1.95 bits per heavy atom. The lowest BCUT2D eigenvalue weighted by Gasteiger charge is -2.33. The lowest BCUT2D eigenvalue weighted by molar-refractivity contribution is -0.0419. The zero-order chi connectivity index (χ0) is 13.8. The second-order valence-electron chi connectivity index (χ2n) is 5.74. The molecule has 1 amide bonds. The Hall–Kier alpha value is -1.01. The van der Waals surface area contributed by atoms with Gasteiger partial charge < -0.3 is 10.1 Å². The van der Waals surface area contributed by atoms with Crippen LogP contribution in [0, 0.1) is 0 Å². The average molecular weight is 295 g/mol. The molecule has 0 aliphatic heterocycles. The first-order valence-corrected chi connectivity index (χ1v) is 8.40. The van der Waals surface area contributed by atoms with Crippen LogP contribution in [0.25, 0.3) is 0 Å². The van der Waals surface area contributed by atoms with E-state index in [-0.39, 0.29) is 18.1 Å². The van der Waals surface area contributed by atoms with E-state index in [1.807, 2.05) is 0 Å². The zero-order valence-corrected chi connectivity index (χ0v) is 12.4. The molecule has 2 aliphatic rings. The number of hydrogen-bond donors (Lipinski definition) is 1. The molecule has 3 rings (SSSR count). The van der Waals surface area contributed by atoms with E-state index in [1.54, 1.807) is 5.38 Å². The Labute approximate surface area is 123 Å². The fraction of sp³-hybridized carbons (Fsp3) is 0.786. The third kappa shape index (κ3) is 3.35. The molecule has 1 aromatic heterocycles. The van der Waals surface area contributed by atoms with Crippen LogP contribution in [0.1, 0.15) is 61.9 Å². The predicted octanol–water partition coefficient (Wildman–Crippen LogP) is 2.54. The minimum Gasteiger partial charge on any atom is -0.373 e. The number of ether oxygens (including phenoxy) is 1. The Balaban J connectivity index is 1.58. The van der Waals surface area contributed by atoms with E-state index < -0.39 is 0 Å². The molecule has 1 N–H and O–H groups in total. The van der Waals surface area contributed by atoms with Crippen LogP contribution in [0.3, 0.4) is 0 Å². The highest BCUT2D eigenvalue weighted by Gasteiger charge is 2.31. The maximum atomic E-state index is 12.1. The fourth-order valence-electron chi connectivity index (χ4n) is 3.20. The molecule has 2 aliphatic carbocycles. The van der Waals surface area contributed by atoms with Crippen molar-refractivity contribution < 1.29 is 9.53 Å². The summed E-state index contributed by atoms with van der Waals surface area (Å²) in [6, 6.07) is 0.124. The maximum absolute atomic E-state index is 12.1. The van der Waals surface area contributed by atoms with Crippen molar-refractivity contribution in [2.75, 3.05) is 0 Å². The van der Waals surface area contributed by atoms with Gasteiger partial charge in [-0.15, -0.1) is 5.10 Å². The normalized spacial score (nSPS) is 27.6. The van der Waals surface area contributed by atoms with Crippen molar-refractivity contribution in [2.45, 2.75) is 69.6 Å². The van der Waals surface area contributed by atoms with Crippen LogP contribution < -0.4 is 5.32 Å². The van der Waals surface area contributed by atoms with Gasteiger partial charge in [0.25, 0.3) is 5.91 Å². The molecule has 2 saturated carbocycles. The summed E-state index contributed by atoms with van der Waals surface area (Å²) in [5.74, 6) is -0.120. The van der Waals surface area contributed by atoms with E-state index >= 15 is 0 Å². The van der Waals surface area contributed by atoms with Gasteiger partial charge in [0.1, 0.15) is 0 Å². The molecule has 5 nitrogen and oxygen atoms in total. The quantitative estimate of drug-likeness (QED) is 0.927. The first-order chi connectivity index (χ1) is 9.83. The number of nitrogens with zero attached hydrogens (tertiary/aromatic N) is 2. The number of carbonyl (C=O) groups excluding carboxylic acids is 1. The van der Waals surface area contributed by atoms with Gasteiger partial charge in [-0.3, -0.25) is 4.79 Å². The van der Waals surface area contributed by atoms with Gasteiger partial charge in [-0.2, -0.15) is 0 Å². The van der Waals surface area contributed by atoms with Crippen molar-refractivity contribution in [3.8, 4) is 0 Å². The van der Waals surface area contributed by atoms with Gasteiger partial charge in [-0.05, 0) is 37.2 Å². The molecule has 110 valence electrons. The van der Waals surface area contributed by atoms with Crippen LogP contribution in [-0.4, -0.2) is 33.7 Å². The molecular weight excluding hydrogens is 274 g/mol. The van der Waals surface area contributed by atoms with Gasteiger partial charge in [0.05, 0.1) is 18.2 Å². The summed E-state index contributed by atoms with van der Waals surface area (Å²) in [7, 11) is 0. The van der Waals surface area contributed by atoms with E-state index in [1.165, 1.54) is 43.6 Å². The Morgan fingerprint density at radius 1 is 1.20 bits per heavy atom. The molecular formula is C14H21N3O2S. The second kappa shape index (κ2) is 6.63. The summed E-state index contributed by atoms with van der Waals surface area (Å²) in [4.78, 5) is 12.1. The average Bonchev–Trinajstić information content (AvgIpc) is 3.13. The smallest absolute Gasteiger partial charge is 0.273 e. The minimum absolute atomic E-state index is 0.120. The molecule has 1 heterocycles. The number of nitrogens with one attached hydrogen (secondary N) is 1. The maximum Gasteiger partial charge on any atom is 0.273 e. The molecule has 0 saturated heterocycles. The summed E-state index contributed by atoms with van der Waals surface area (Å²) in [6.07, 6.45) is 9.88. The minimum atomic E-state index is -0.120. The molecule has 0 radical (unpaired) electrons. The predicted molar refractivity (Wildman–Crippen MR) is 76.8 cm³/mol. The molecule has 0 unspecified atom stereocenters. The largest absolute Gasteiger partial charge is 0.373 e. The number of rotatable bonds is 4. The summed E-state index contributed by atoms with van der Waals surface area (Å²) in [6.45, 7) is 0. The van der Waals surface area contributed by atoms with Gasteiger partial charge in [0, 0.05) is 5.38 Å². The number of amides is 1. The van der Waals surface area contributed by atoms with E-state index in [2.05, 4.69) is 14.9 Å². The number of aromatic nitrogens is 2. The lowest BCUT2D eigenvalue weighted by Crippen LogP contribution is -2.47. The number of hydrogen-bond acceptors (Lipinski definition) is 5. The number of carbonyl (C=O) groups is 1. The molecule has 0 bridgehead atoms. The van der Waals surface area contributed by atoms with E-state index in [9.17, 15) is 4.79 Å². The Morgan fingerprint density at radius 3 is 2.70 bits per heavy atom. The molecule has 6 heteroatoms. The van der Waals surface area contributed by atoms with E-state index in [0.29, 0.717) is 11.8 Å². The Bertz CT molecular complexity index is 432. The Kier molecular flexibility index (Phi) is 4.62. The van der Waals surface area contributed by atoms with Crippen LogP contribution in [0.15, 0.2) is 5.38 Å². The lowest BCUT2D eigenvalue weighted by atomic mass is 9.92. The first kappa shape index (κ1) is 13.9. The standard InChI is InChI=1S/C14H21N3O2S/c18-14(12-9-20-17-16-12)15-11-7-3-4-8-13(11)19-10-5-1-2-6-10/h9-11,13H,1-8H2,(H,15,18)/t11-,13-/m1/s1. The summed E-state index contributed by atoms with van der Waals surface area (Å²) < 4.78 is 9.97. The summed E-state index contributed by atoms with van der Waals surface area (Å²) in [5.41, 5.74) is 0.417. The SMILES string of the molecule is O=C(N[C@@H]1CCCC[C@H]1OC1CCCC1)c1csnn1. The third-order valence-electron chi connectivity index (χ3n) is 4.28. The second-order valence-corrected chi connectivity index (χ2v) is 6.35. The van der Waals surface area contributed by atoms with Crippen LogP contribution in [-0.2, 0) is 4.74 Å². The van der Waals surface area contributed by atoms with Crippen molar-refractivity contribution in [3.05, 3.63) is 11.1 Å². The molecule has 2 fully saturated rings. The van der Waals surface area contributed by atoms with Gasteiger partial charge in [0.15, 0.2) is 5.69 Å². The van der Waals surface area contributed by atoms with Crippen molar-refractivity contribution >= 4 is 17.4 Å². The molecule has 0 aromatic carbocycles. The molecule has 1 aromatic rings. The van der Waals surface area contributed by atoms with Gasteiger partial charge in [-0.25, -0.2) is 0 Å². The van der Waals surface area contributed by atoms with Crippen LogP contribution in [0.5, 0.6) is 0 Å². The van der Waals surface area contributed by atoms with Crippen LogP contribution in [0.4, 0.5) is 0 Å². The molecule has 2 atom stereocenters. The molecule has 20 heavy (non-hydrogen) atoms. The zero-order valence-electron chi connectivity index (χ0n) is 11.6. The van der Waals surface area contributed by atoms with Crippen LogP contribution >= 0.6 is 11.5 Å². The monoisotopic (exact) mass is 295 g/mol. The molecule has 0 spiro atoms. The van der Waals surface area contributed by atoms with Crippen LogP contribution in [0.2, 0.25) is 0 Å². The van der Waals surface area contributed by atoms with Gasteiger partial charge >= 0.3 is 0 Å². The van der Waals surface area contributed by atoms with E-state index in [0.717, 1.165) is 19.3 Å². The first-order valence-electron chi connectivity index (χ1n) is 7.56. The fourth-order valence-corrected chi connectivity index (χ4v) is 3.64. The summed E-state index contributed by atoms with van der Waals surface area (Å²) in [5, 5.41) is 8.60. The van der Waals surface area contributed by atoms with Gasteiger partial charge in [0.2, 0.25) is 0 Å². The highest BCUT2D eigenvalue weighted by molar-refractivity contribution is 7.03. The van der Waals surface area contributed by atoms with Crippen molar-refractivity contribution in [3.63, 3.8) is 0 Å². The topological polar surface area (TPSA) is 64.1 Å². The van der Waals surface area contributed by atoms with Crippen molar-refractivity contribution in [1.82, 2.24) is 14.9 Å². The highest BCUT2D eigenvalue weighted by atomic mass is 32.1. The van der Waals surface area contributed by atoms with Crippen molar-refractivity contribution in [2.24, 2.45) is 0 Å².